The van der Waals surface area contributed by atoms with Gasteiger partial charge in [-0.3, -0.25) is 0 Å². The summed E-state index contributed by atoms with van der Waals surface area (Å²) in [5, 5.41) is 12.4. The van der Waals surface area contributed by atoms with Crippen molar-refractivity contribution in [3.63, 3.8) is 0 Å². The van der Waals surface area contributed by atoms with Gasteiger partial charge in [0.1, 0.15) is 0 Å². The second-order valence-corrected chi connectivity index (χ2v) is 3.21. The highest BCUT2D eigenvalue weighted by molar-refractivity contribution is 4.75. The molecule has 0 amide bonds. The molecule has 2 heteroatoms. The Balaban J connectivity index is 0.000000354. The number of hydrogen-bond acceptors (Lipinski definition) is 2. The number of rotatable bonds is 1. The highest BCUT2D eigenvalue weighted by Crippen LogP contribution is 2.09. The SMILES string of the molecule is C=CC.CC(O)C1CCCCN1. The summed E-state index contributed by atoms with van der Waals surface area (Å²) < 4.78 is 0. The van der Waals surface area contributed by atoms with Gasteiger partial charge in [-0.1, -0.05) is 12.5 Å². The van der Waals surface area contributed by atoms with E-state index in [0.717, 1.165) is 13.0 Å². The van der Waals surface area contributed by atoms with Crippen molar-refractivity contribution >= 4 is 0 Å². The Morgan fingerprint density at radius 1 is 1.58 bits per heavy atom. The lowest BCUT2D eigenvalue weighted by molar-refractivity contribution is 0.130. The molecule has 0 aromatic rings. The van der Waals surface area contributed by atoms with Crippen LogP contribution in [0.1, 0.15) is 33.1 Å². The quantitative estimate of drug-likeness (QED) is 0.589. The zero-order chi connectivity index (χ0) is 9.40. The molecule has 1 heterocycles. The van der Waals surface area contributed by atoms with E-state index < -0.39 is 0 Å². The third-order valence-corrected chi connectivity index (χ3v) is 1.93. The predicted molar refractivity (Wildman–Crippen MR) is 53.2 cm³/mol. The number of nitrogens with one attached hydrogen (secondary N) is 1. The van der Waals surface area contributed by atoms with Crippen molar-refractivity contribution in [1.29, 1.82) is 0 Å². The number of aliphatic hydroxyl groups excluding tert-OH is 1. The Kier molecular flexibility index (Phi) is 7.11. The smallest absolute Gasteiger partial charge is 0.0665 e. The van der Waals surface area contributed by atoms with Gasteiger partial charge in [0.25, 0.3) is 0 Å². The Hall–Kier alpha value is -0.340. The Labute approximate surface area is 75.7 Å². The van der Waals surface area contributed by atoms with Crippen LogP contribution in [0.15, 0.2) is 12.7 Å². The summed E-state index contributed by atoms with van der Waals surface area (Å²) in [5.41, 5.74) is 0. The summed E-state index contributed by atoms with van der Waals surface area (Å²) in [5.74, 6) is 0. The minimum absolute atomic E-state index is 0.176. The number of hydrogen-bond donors (Lipinski definition) is 2. The van der Waals surface area contributed by atoms with E-state index in [9.17, 15) is 0 Å². The van der Waals surface area contributed by atoms with Crippen LogP contribution >= 0.6 is 0 Å². The molecule has 2 nitrogen and oxygen atoms in total. The van der Waals surface area contributed by atoms with E-state index in [1.807, 2.05) is 13.8 Å². The van der Waals surface area contributed by atoms with Crippen molar-refractivity contribution in [2.45, 2.75) is 45.3 Å². The molecule has 2 unspecified atom stereocenters. The fourth-order valence-electron chi connectivity index (χ4n) is 1.29. The summed E-state index contributed by atoms with van der Waals surface area (Å²) in [7, 11) is 0. The Morgan fingerprint density at radius 2 is 2.17 bits per heavy atom. The van der Waals surface area contributed by atoms with E-state index in [0.29, 0.717) is 6.04 Å². The maximum atomic E-state index is 9.11. The van der Waals surface area contributed by atoms with Crippen LogP contribution in [0, 0.1) is 0 Å². The van der Waals surface area contributed by atoms with Crippen LogP contribution in [-0.2, 0) is 0 Å². The lowest BCUT2D eigenvalue weighted by atomic mass is 10.0. The van der Waals surface area contributed by atoms with Crippen molar-refractivity contribution in [2.75, 3.05) is 6.54 Å². The topological polar surface area (TPSA) is 32.3 Å². The van der Waals surface area contributed by atoms with Gasteiger partial charge in [0.05, 0.1) is 6.10 Å². The molecular weight excluding hydrogens is 150 g/mol. The molecule has 1 aliphatic heterocycles. The number of allylic oxidation sites excluding steroid dienone is 1. The molecule has 1 saturated heterocycles. The average molecular weight is 171 g/mol. The second-order valence-electron chi connectivity index (χ2n) is 3.21. The zero-order valence-corrected chi connectivity index (χ0v) is 8.21. The van der Waals surface area contributed by atoms with Crippen LogP contribution in [0.3, 0.4) is 0 Å². The first-order valence-electron chi connectivity index (χ1n) is 4.70. The van der Waals surface area contributed by atoms with Gasteiger partial charge in [0.2, 0.25) is 0 Å². The van der Waals surface area contributed by atoms with Crippen LogP contribution in [0.5, 0.6) is 0 Å². The predicted octanol–water partition coefficient (Wildman–Crippen LogP) is 1.70. The summed E-state index contributed by atoms with van der Waals surface area (Å²) >= 11 is 0. The molecule has 0 aromatic carbocycles. The van der Waals surface area contributed by atoms with Gasteiger partial charge >= 0.3 is 0 Å². The molecule has 0 bridgehead atoms. The monoisotopic (exact) mass is 171 g/mol. The van der Waals surface area contributed by atoms with Gasteiger partial charge in [-0.05, 0) is 33.2 Å². The lowest BCUT2D eigenvalue weighted by Gasteiger charge is -2.25. The van der Waals surface area contributed by atoms with E-state index in [4.69, 9.17) is 5.11 Å². The van der Waals surface area contributed by atoms with Crippen molar-refractivity contribution in [3.05, 3.63) is 12.7 Å². The molecule has 0 saturated carbocycles. The van der Waals surface area contributed by atoms with Gasteiger partial charge < -0.3 is 10.4 Å². The van der Waals surface area contributed by atoms with Crippen LogP contribution < -0.4 is 5.32 Å². The second kappa shape index (κ2) is 7.32. The minimum Gasteiger partial charge on any atom is -0.392 e. The largest absolute Gasteiger partial charge is 0.392 e. The van der Waals surface area contributed by atoms with E-state index in [2.05, 4.69) is 11.9 Å². The fraction of sp³-hybridized carbons (Fsp3) is 0.800. The molecule has 1 rings (SSSR count). The summed E-state index contributed by atoms with van der Waals surface area (Å²) in [6.45, 7) is 8.18. The Morgan fingerprint density at radius 3 is 2.42 bits per heavy atom. The van der Waals surface area contributed by atoms with Crippen LogP contribution in [0.25, 0.3) is 0 Å². The van der Waals surface area contributed by atoms with Gasteiger partial charge in [0, 0.05) is 6.04 Å². The van der Waals surface area contributed by atoms with Crippen LogP contribution in [-0.4, -0.2) is 23.8 Å². The summed E-state index contributed by atoms with van der Waals surface area (Å²) in [4.78, 5) is 0. The highest BCUT2D eigenvalue weighted by atomic mass is 16.3. The first-order chi connectivity index (χ1) is 5.72. The number of aliphatic hydroxyl groups is 1. The van der Waals surface area contributed by atoms with Crippen molar-refractivity contribution in [2.24, 2.45) is 0 Å². The maximum absolute atomic E-state index is 9.11. The summed E-state index contributed by atoms with van der Waals surface area (Å²) in [6, 6.07) is 0.360. The van der Waals surface area contributed by atoms with Crippen LogP contribution in [0.4, 0.5) is 0 Å². The van der Waals surface area contributed by atoms with E-state index in [1.165, 1.54) is 12.8 Å². The van der Waals surface area contributed by atoms with Crippen molar-refractivity contribution in [3.8, 4) is 0 Å². The first kappa shape index (κ1) is 11.7. The fourth-order valence-corrected chi connectivity index (χ4v) is 1.29. The third-order valence-electron chi connectivity index (χ3n) is 1.93. The molecule has 2 N–H and O–H groups in total. The standard InChI is InChI=1S/C7H15NO.C3H6/c1-6(9)7-4-2-3-5-8-7;1-3-2/h6-9H,2-5H2,1H3;3H,1H2,2H3. The molecule has 1 aliphatic rings. The molecule has 0 radical (unpaired) electrons. The molecule has 0 aromatic heterocycles. The molecular formula is C10H21NO. The van der Waals surface area contributed by atoms with Gasteiger partial charge in [0.15, 0.2) is 0 Å². The molecule has 72 valence electrons. The van der Waals surface area contributed by atoms with Crippen LogP contribution in [0.2, 0.25) is 0 Å². The lowest BCUT2D eigenvalue weighted by Crippen LogP contribution is -2.41. The first-order valence-corrected chi connectivity index (χ1v) is 4.70. The van der Waals surface area contributed by atoms with E-state index >= 15 is 0 Å². The normalized spacial score (nSPS) is 25.1. The summed E-state index contributed by atoms with van der Waals surface area (Å²) in [6.07, 6.45) is 5.24. The molecule has 2 atom stereocenters. The molecule has 12 heavy (non-hydrogen) atoms. The van der Waals surface area contributed by atoms with E-state index in [-0.39, 0.29) is 6.10 Å². The minimum atomic E-state index is -0.176. The van der Waals surface area contributed by atoms with Gasteiger partial charge in [-0.15, -0.1) is 6.58 Å². The van der Waals surface area contributed by atoms with Crippen molar-refractivity contribution < 1.29 is 5.11 Å². The zero-order valence-electron chi connectivity index (χ0n) is 8.21. The maximum Gasteiger partial charge on any atom is 0.0665 e. The van der Waals surface area contributed by atoms with Gasteiger partial charge in [-0.2, -0.15) is 0 Å². The molecule has 0 aliphatic carbocycles. The average Bonchev–Trinajstić information content (AvgIpc) is 2.07. The third kappa shape index (κ3) is 5.33. The molecule has 0 spiro atoms. The Bertz CT molecular complexity index is 106. The number of piperidine rings is 1. The molecule has 1 fully saturated rings. The van der Waals surface area contributed by atoms with Crippen molar-refractivity contribution in [1.82, 2.24) is 5.32 Å². The van der Waals surface area contributed by atoms with Gasteiger partial charge in [-0.25, -0.2) is 0 Å². The highest BCUT2D eigenvalue weighted by Gasteiger charge is 2.16. The van der Waals surface area contributed by atoms with E-state index in [1.54, 1.807) is 6.08 Å².